The standard InChI is InChI=1S/C18H18N2O2/c21-17-10-13-4-2-1-3-12(13)9-15(17)18(22)20-19-16-8-11-5-6-14(16)7-11/h1-4,9-11,14,21H,5-8H2,(H,20,22)/b19-16+/t11-,14+/m0/s1. The van der Waals surface area contributed by atoms with Gasteiger partial charge in [-0.25, -0.2) is 5.43 Å². The number of benzene rings is 2. The Balaban J connectivity index is 1.57. The van der Waals surface area contributed by atoms with E-state index in [-0.39, 0.29) is 17.2 Å². The molecule has 112 valence electrons. The second kappa shape index (κ2) is 5.13. The third kappa shape index (κ3) is 2.25. The van der Waals surface area contributed by atoms with E-state index in [1.807, 2.05) is 24.3 Å². The number of carbonyl (C=O) groups is 1. The van der Waals surface area contributed by atoms with Gasteiger partial charge in [0.25, 0.3) is 5.91 Å². The van der Waals surface area contributed by atoms with Gasteiger partial charge in [0.05, 0.1) is 5.56 Å². The highest BCUT2D eigenvalue weighted by atomic mass is 16.3. The molecular weight excluding hydrogens is 276 g/mol. The minimum absolute atomic E-state index is 0.00987. The lowest BCUT2D eigenvalue weighted by Crippen LogP contribution is -2.22. The van der Waals surface area contributed by atoms with Crippen LogP contribution in [0, 0.1) is 11.8 Å². The largest absolute Gasteiger partial charge is 0.507 e. The summed E-state index contributed by atoms with van der Waals surface area (Å²) < 4.78 is 0. The van der Waals surface area contributed by atoms with E-state index in [1.54, 1.807) is 12.1 Å². The SMILES string of the molecule is O=C(N/N=C1\C[C@H]2CC[C@@H]1C2)c1cc2ccccc2cc1O. The average Bonchev–Trinajstić information content (AvgIpc) is 3.14. The molecule has 1 amide bonds. The van der Waals surface area contributed by atoms with Crippen molar-refractivity contribution in [2.45, 2.75) is 25.7 Å². The molecule has 2 atom stereocenters. The Morgan fingerprint density at radius 2 is 1.95 bits per heavy atom. The van der Waals surface area contributed by atoms with Crippen LogP contribution in [0.5, 0.6) is 5.75 Å². The third-order valence-electron chi connectivity index (χ3n) is 4.92. The predicted molar refractivity (Wildman–Crippen MR) is 86.0 cm³/mol. The zero-order valence-corrected chi connectivity index (χ0v) is 12.2. The number of phenolic OH excluding ortho intramolecular Hbond substituents is 1. The maximum Gasteiger partial charge on any atom is 0.275 e. The number of phenols is 1. The third-order valence-corrected chi connectivity index (χ3v) is 4.92. The molecule has 0 saturated heterocycles. The van der Waals surface area contributed by atoms with Gasteiger partial charge in [-0.3, -0.25) is 4.79 Å². The first-order valence-corrected chi connectivity index (χ1v) is 7.79. The summed E-state index contributed by atoms with van der Waals surface area (Å²) in [5.41, 5.74) is 4.01. The lowest BCUT2D eigenvalue weighted by molar-refractivity contribution is 0.0952. The molecule has 4 heteroatoms. The van der Waals surface area contributed by atoms with Crippen molar-refractivity contribution in [2.24, 2.45) is 16.9 Å². The zero-order chi connectivity index (χ0) is 15.1. The van der Waals surface area contributed by atoms with Crippen molar-refractivity contribution in [3.05, 3.63) is 42.0 Å². The summed E-state index contributed by atoms with van der Waals surface area (Å²) in [5, 5.41) is 16.2. The second-order valence-electron chi connectivity index (χ2n) is 6.34. The Hall–Kier alpha value is -2.36. The first kappa shape index (κ1) is 13.3. The van der Waals surface area contributed by atoms with Gasteiger partial charge in [0.1, 0.15) is 5.75 Å². The Morgan fingerprint density at radius 1 is 1.18 bits per heavy atom. The minimum Gasteiger partial charge on any atom is -0.507 e. The molecule has 2 aromatic carbocycles. The van der Waals surface area contributed by atoms with Gasteiger partial charge in [0, 0.05) is 5.71 Å². The number of hydrogen-bond donors (Lipinski definition) is 2. The highest BCUT2D eigenvalue weighted by Crippen LogP contribution is 2.42. The Labute approximate surface area is 128 Å². The van der Waals surface area contributed by atoms with Crippen LogP contribution in [0.1, 0.15) is 36.0 Å². The molecule has 0 spiro atoms. The molecule has 0 aliphatic heterocycles. The fraction of sp³-hybridized carbons (Fsp3) is 0.333. The van der Waals surface area contributed by atoms with Crippen molar-refractivity contribution in [3.8, 4) is 5.75 Å². The molecule has 0 aromatic heterocycles. The number of carbonyl (C=O) groups excluding carboxylic acids is 1. The molecule has 0 heterocycles. The lowest BCUT2D eigenvalue weighted by atomic mass is 9.99. The first-order chi connectivity index (χ1) is 10.7. The van der Waals surface area contributed by atoms with Crippen LogP contribution in [0.2, 0.25) is 0 Å². The van der Waals surface area contributed by atoms with E-state index < -0.39 is 0 Å². The van der Waals surface area contributed by atoms with Gasteiger partial charge < -0.3 is 5.11 Å². The molecule has 0 radical (unpaired) electrons. The van der Waals surface area contributed by atoms with Crippen LogP contribution >= 0.6 is 0 Å². The topological polar surface area (TPSA) is 61.7 Å². The van der Waals surface area contributed by atoms with Crippen molar-refractivity contribution in [1.29, 1.82) is 0 Å². The van der Waals surface area contributed by atoms with Crippen LogP contribution < -0.4 is 5.43 Å². The summed E-state index contributed by atoms with van der Waals surface area (Å²) in [6.07, 6.45) is 4.72. The molecule has 4 rings (SSSR count). The minimum atomic E-state index is -0.349. The molecule has 2 aliphatic carbocycles. The Morgan fingerprint density at radius 3 is 2.64 bits per heavy atom. The summed E-state index contributed by atoms with van der Waals surface area (Å²) in [6, 6.07) is 11.0. The summed E-state index contributed by atoms with van der Waals surface area (Å²) in [4.78, 5) is 12.3. The number of rotatable bonds is 2. The quantitative estimate of drug-likeness (QED) is 0.833. The normalized spacial score (nSPS) is 25.0. The highest BCUT2D eigenvalue weighted by molar-refractivity contribution is 6.02. The molecule has 0 unspecified atom stereocenters. The van der Waals surface area contributed by atoms with Crippen LogP contribution in [-0.4, -0.2) is 16.7 Å². The number of nitrogens with zero attached hydrogens (tertiary/aromatic N) is 1. The van der Waals surface area contributed by atoms with E-state index in [4.69, 9.17) is 0 Å². The highest BCUT2D eigenvalue weighted by Gasteiger charge is 2.36. The van der Waals surface area contributed by atoms with Crippen LogP contribution in [0.25, 0.3) is 10.8 Å². The molecule has 2 aromatic rings. The summed E-state index contributed by atoms with van der Waals surface area (Å²) in [7, 11) is 0. The van der Waals surface area contributed by atoms with Gasteiger partial charge in [0.15, 0.2) is 0 Å². The van der Waals surface area contributed by atoms with Crippen molar-refractivity contribution in [1.82, 2.24) is 5.43 Å². The van der Waals surface area contributed by atoms with Gasteiger partial charge in [-0.05, 0) is 60.4 Å². The fourth-order valence-corrected chi connectivity index (χ4v) is 3.76. The summed E-state index contributed by atoms with van der Waals surface area (Å²) in [5.74, 6) is 0.952. The Bertz CT molecular complexity index is 782. The molecule has 2 N–H and O–H groups in total. The monoisotopic (exact) mass is 294 g/mol. The van der Waals surface area contributed by atoms with Gasteiger partial charge in [-0.15, -0.1) is 0 Å². The smallest absolute Gasteiger partial charge is 0.275 e. The van der Waals surface area contributed by atoms with Crippen LogP contribution in [0.3, 0.4) is 0 Å². The molecule has 4 nitrogen and oxygen atoms in total. The number of nitrogens with one attached hydrogen (secondary N) is 1. The maximum atomic E-state index is 12.3. The van der Waals surface area contributed by atoms with Crippen molar-refractivity contribution in [2.75, 3.05) is 0 Å². The van der Waals surface area contributed by atoms with E-state index in [2.05, 4.69) is 10.5 Å². The van der Waals surface area contributed by atoms with Gasteiger partial charge in [0.2, 0.25) is 0 Å². The van der Waals surface area contributed by atoms with Crippen LogP contribution in [0.15, 0.2) is 41.5 Å². The molecule has 2 aliphatic rings. The van der Waals surface area contributed by atoms with E-state index in [1.165, 1.54) is 19.3 Å². The first-order valence-electron chi connectivity index (χ1n) is 7.79. The second-order valence-corrected chi connectivity index (χ2v) is 6.34. The van der Waals surface area contributed by atoms with Crippen LogP contribution in [-0.2, 0) is 0 Å². The summed E-state index contributed by atoms with van der Waals surface area (Å²) >= 11 is 0. The zero-order valence-electron chi connectivity index (χ0n) is 12.2. The van der Waals surface area contributed by atoms with Crippen LogP contribution in [0.4, 0.5) is 0 Å². The molecular formula is C18H18N2O2. The predicted octanol–water partition coefficient (Wildman–Crippen LogP) is 3.45. The fourth-order valence-electron chi connectivity index (χ4n) is 3.76. The van der Waals surface area contributed by atoms with E-state index in [0.29, 0.717) is 5.92 Å². The Kier molecular flexibility index (Phi) is 3.10. The average molecular weight is 294 g/mol. The van der Waals surface area contributed by atoms with Crippen molar-refractivity contribution < 1.29 is 9.90 Å². The summed E-state index contributed by atoms with van der Waals surface area (Å²) in [6.45, 7) is 0. The van der Waals surface area contributed by atoms with Gasteiger partial charge in [-0.1, -0.05) is 24.3 Å². The number of amides is 1. The number of hydrogen-bond acceptors (Lipinski definition) is 3. The van der Waals surface area contributed by atoms with E-state index in [0.717, 1.165) is 28.8 Å². The van der Waals surface area contributed by atoms with E-state index >= 15 is 0 Å². The number of fused-ring (bicyclic) bond motifs is 3. The van der Waals surface area contributed by atoms with E-state index in [9.17, 15) is 9.90 Å². The number of aromatic hydroxyl groups is 1. The molecule has 2 saturated carbocycles. The molecule has 2 bridgehead atoms. The van der Waals surface area contributed by atoms with Crippen molar-refractivity contribution in [3.63, 3.8) is 0 Å². The molecule has 2 fully saturated rings. The molecule has 22 heavy (non-hydrogen) atoms. The van der Waals surface area contributed by atoms with Gasteiger partial charge >= 0.3 is 0 Å². The number of hydrazone groups is 1. The maximum absolute atomic E-state index is 12.3. The lowest BCUT2D eigenvalue weighted by Gasteiger charge is -2.12. The van der Waals surface area contributed by atoms with Gasteiger partial charge in [-0.2, -0.15) is 5.10 Å². The van der Waals surface area contributed by atoms with Crippen molar-refractivity contribution >= 4 is 22.4 Å².